The molecule has 0 amide bonds. The Balaban J connectivity index is 2.51. The van der Waals surface area contributed by atoms with Crippen LogP contribution < -0.4 is 0 Å². The largest absolute Gasteiger partial charge is 0.481 e. The average Bonchev–Trinajstić information content (AvgIpc) is 2.79. The summed E-state index contributed by atoms with van der Waals surface area (Å²) < 4.78 is 24.6. The number of hydrogen-bond acceptors (Lipinski definition) is 6. The molecule has 1 heterocycles. The number of rotatable bonds is 5. The van der Waals surface area contributed by atoms with Gasteiger partial charge in [0.25, 0.3) is 0 Å². The number of thiazole rings is 1. The quantitative estimate of drug-likeness (QED) is 0.844. The lowest BCUT2D eigenvalue weighted by Gasteiger charge is -2.08. The molecule has 106 valence electrons. The number of fused-ring (bicyclic) bond motifs is 1. The first kappa shape index (κ1) is 14.4. The van der Waals surface area contributed by atoms with Crippen LogP contribution in [0.1, 0.15) is 6.42 Å². The van der Waals surface area contributed by atoms with Crippen LogP contribution in [-0.2, 0) is 19.4 Å². The highest BCUT2D eigenvalue weighted by Gasteiger charge is 2.38. The summed E-state index contributed by atoms with van der Waals surface area (Å²) in [5, 5.41) is 15.5. The van der Waals surface area contributed by atoms with Crippen LogP contribution in [0.15, 0.2) is 28.6 Å². The van der Waals surface area contributed by atoms with Crippen molar-refractivity contribution in [3.63, 3.8) is 0 Å². The van der Waals surface area contributed by atoms with E-state index in [1.807, 2.05) is 0 Å². The first-order valence-corrected chi connectivity index (χ1v) is 7.72. The normalized spacial score (nSPS) is 13.2. The lowest BCUT2D eigenvalue weighted by atomic mass is 10.3. The van der Waals surface area contributed by atoms with Crippen LogP contribution in [0.3, 0.4) is 0 Å². The summed E-state index contributed by atoms with van der Waals surface area (Å²) in [5.41, 5.74) is 0.426. The standard InChI is InChI=1S/C11H9NO6S2/c13-9(14)5-8(10(15)16)20(17,18)11-12-6-3-1-2-4-7(6)19-11/h1-4,8H,5H2,(H,13,14)(H,15,16). The van der Waals surface area contributed by atoms with E-state index in [0.717, 1.165) is 11.3 Å². The number of para-hydroxylation sites is 1. The highest BCUT2D eigenvalue weighted by Crippen LogP contribution is 2.28. The maximum absolute atomic E-state index is 12.2. The third kappa shape index (κ3) is 2.63. The molecule has 0 radical (unpaired) electrons. The Labute approximate surface area is 117 Å². The Morgan fingerprint density at radius 3 is 2.45 bits per heavy atom. The average molecular weight is 315 g/mol. The van der Waals surface area contributed by atoms with E-state index in [2.05, 4.69) is 4.98 Å². The molecule has 2 N–H and O–H groups in total. The second kappa shape index (κ2) is 5.17. The number of nitrogens with zero attached hydrogens (tertiary/aromatic N) is 1. The molecule has 0 fully saturated rings. The van der Waals surface area contributed by atoms with E-state index in [4.69, 9.17) is 10.2 Å². The van der Waals surface area contributed by atoms with Crippen LogP contribution >= 0.6 is 11.3 Å². The van der Waals surface area contributed by atoms with Crippen LogP contribution in [0, 0.1) is 0 Å². The maximum Gasteiger partial charge on any atom is 0.322 e. The summed E-state index contributed by atoms with van der Waals surface area (Å²) in [4.78, 5) is 25.5. The number of carboxylic acids is 2. The third-order valence-electron chi connectivity index (χ3n) is 2.53. The number of carbonyl (C=O) groups is 2. The Kier molecular flexibility index (Phi) is 3.73. The summed E-state index contributed by atoms with van der Waals surface area (Å²) in [6.07, 6.45) is -1.01. The molecule has 1 aromatic heterocycles. The van der Waals surface area contributed by atoms with Gasteiger partial charge in [0.2, 0.25) is 14.2 Å². The van der Waals surface area contributed by atoms with Gasteiger partial charge in [-0.15, -0.1) is 11.3 Å². The molecule has 2 aromatic rings. The zero-order valence-corrected chi connectivity index (χ0v) is 11.5. The minimum absolute atomic E-state index is 0.382. The first-order valence-electron chi connectivity index (χ1n) is 5.36. The predicted molar refractivity (Wildman–Crippen MR) is 70.5 cm³/mol. The lowest BCUT2D eigenvalue weighted by molar-refractivity contribution is -0.143. The van der Waals surface area contributed by atoms with Crippen molar-refractivity contribution in [1.29, 1.82) is 0 Å². The summed E-state index contributed by atoms with van der Waals surface area (Å²) in [6.45, 7) is 0. The van der Waals surface area contributed by atoms with Gasteiger partial charge in [-0.25, -0.2) is 13.4 Å². The number of hydrogen-bond donors (Lipinski definition) is 2. The van der Waals surface area contributed by atoms with E-state index in [-0.39, 0.29) is 4.34 Å². The monoisotopic (exact) mass is 315 g/mol. The van der Waals surface area contributed by atoms with Crippen LogP contribution in [0.2, 0.25) is 0 Å². The number of carboxylic acid groups (broad SMARTS) is 2. The van der Waals surface area contributed by atoms with Crippen molar-refractivity contribution in [3.05, 3.63) is 24.3 Å². The van der Waals surface area contributed by atoms with E-state index in [9.17, 15) is 18.0 Å². The molecular formula is C11H9NO6S2. The molecule has 0 saturated heterocycles. The Morgan fingerprint density at radius 1 is 1.25 bits per heavy atom. The van der Waals surface area contributed by atoms with E-state index in [0.29, 0.717) is 10.2 Å². The molecule has 20 heavy (non-hydrogen) atoms. The molecule has 1 unspecified atom stereocenters. The molecule has 0 aliphatic heterocycles. The molecule has 1 atom stereocenters. The maximum atomic E-state index is 12.2. The van der Waals surface area contributed by atoms with Gasteiger partial charge in [-0.05, 0) is 12.1 Å². The number of sulfone groups is 1. The molecule has 0 spiro atoms. The molecular weight excluding hydrogens is 306 g/mol. The van der Waals surface area contributed by atoms with Gasteiger partial charge in [-0.1, -0.05) is 12.1 Å². The molecule has 0 aliphatic rings. The summed E-state index contributed by atoms with van der Waals surface area (Å²) in [5.74, 6) is -3.20. The first-order chi connectivity index (χ1) is 9.32. The Hall–Kier alpha value is -2.00. The molecule has 1 aromatic carbocycles. The number of aromatic nitrogens is 1. The van der Waals surface area contributed by atoms with Gasteiger partial charge >= 0.3 is 11.9 Å². The Bertz CT molecular complexity index is 746. The summed E-state index contributed by atoms with van der Waals surface area (Å²) in [6, 6.07) is 6.62. The van der Waals surface area contributed by atoms with Gasteiger partial charge in [-0.3, -0.25) is 9.59 Å². The van der Waals surface area contributed by atoms with Gasteiger partial charge in [0.15, 0.2) is 5.25 Å². The zero-order valence-electron chi connectivity index (χ0n) is 9.88. The fourth-order valence-electron chi connectivity index (χ4n) is 1.58. The van der Waals surface area contributed by atoms with E-state index < -0.39 is 33.4 Å². The Morgan fingerprint density at radius 2 is 1.90 bits per heavy atom. The van der Waals surface area contributed by atoms with Gasteiger partial charge < -0.3 is 10.2 Å². The second-order valence-electron chi connectivity index (χ2n) is 3.92. The zero-order chi connectivity index (χ0) is 14.9. The molecule has 7 nitrogen and oxygen atoms in total. The number of aliphatic carboxylic acids is 2. The molecule has 9 heteroatoms. The van der Waals surface area contributed by atoms with Crippen molar-refractivity contribution in [2.24, 2.45) is 0 Å². The van der Waals surface area contributed by atoms with E-state index >= 15 is 0 Å². The fraction of sp³-hybridized carbons (Fsp3) is 0.182. The highest BCUT2D eigenvalue weighted by molar-refractivity contribution is 7.94. The van der Waals surface area contributed by atoms with Crippen molar-refractivity contribution in [2.45, 2.75) is 16.0 Å². The van der Waals surface area contributed by atoms with E-state index in [1.54, 1.807) is 24.3 Å². The SMILES string of the molecule is O=C(O)CC(C(=O)O)S(=O)(=O)c1nc2ccccc2s1. The molecule has 0 bridgehead atoms. The number of benzene rings is 1. The second-order valence-corrected chi connectivity index (χ2v) is 7.25. The van der Waals surface area contributed by atoms with E-state index in [1.165, 1.54) is 0 Å². The fourth-order valence-corrected chi connectivity index (χ4v) is 4.46. The third-order valence-corrected chi connectivity index (χ3v) is 6.00. The minimum atomic E-state index is -4.33. The lowest BCUT2D eigenvalue weighted by Crippen LogP contribution is -2.32. The van der Waals surface area contributed by atoms with Crippen molar-refractivity contribution in [3.8, 4) is 0 Å². The summed E-state index contributed by atoms with van der Waals surface area (Å²) in [7, 11) is -4.33. The van der Waals surface area contributed by atoms with Crippen LogP contribution in [-0.4, -0.2) is 40.8 Å². The molecule has 0 saturated carbocycles. The smallest absolute Gasteiger partial charge is 0.322 e. The molecule has 0 aliphatic carbocycles. The topological polar surface area (TPSA) is 122 Å². The molecule has 2 rings (SSSR count). The minimum Gasteiger partial charge on any atom is -0.481 e. The van der Waals surface area contributed by atoms with Gasteiger partial charge in [0.1, 0.15) is 0 Å². The van der Waals surface area contributed by atoms with Crippen molar-refractivity contribution >= 4 is 43.3 Å². The van der Waals surface area contributed by atoms with Crippen LogP contribution in [0.5, 0.6) is 0 Å². The van der Waals surface area contributed by atoms with Gasteiger partial charge in [-0.2, -0.15) is 0 Å². The van der Waals surface area contributed by atoms with Crippen molar-refractivity contribution in [1.82, 2.24) is 4.98 Å². The predicted octanol–water partition coefficient (Wildman–Crippen LogP) is 0.998. The van der Waals surface area contributed by atoms with Gasteiger partial charge in [0.05, 0.1) is 16.6 Å². The highest BCUT2D eigenvalue weighted by atomic mass is 32.2. The van der Waals surface area contributed by atoms with Gasteiger partial charge in [0, 0.05) is 0 Å². The van der Waals surface area contributed by atoms with Crippen molar-refractivity contribution < 1.29 is 28.2 Å². The van der Waals surface area contributed by atoms with Crippen LogP contribution in [0.4, 0.5) is 0 Å². The summed E-state index contributed by atoms with van der Waals surface area (Å²) >= 11 is 0.822. The van der Waals surface area contributed by atoms with Crippen LogP contribution in [0.25, 0.3) is 10.2 Å². The van der Waals surface area contributed by atoms with Crippen molar-refractivity contribution in [2.75, 3.05) is 0 Å².